The highest BCUT2D eigenvalue weighted by Crippen LogP contribution is 2.26. The summed E-state index contributed by atoms with van der Waals surface area (Å²) < 4.78 is 61.4. The summed E-state index contributed by atoms with van der Waals surface area (Å²) >= 11 is 0. The van der Waals surface area contributed by atoms with Crippen LogP contribution >= 0.6 is 0 Å². The fourth-order valence-electron chi connectivity index (χ4n) is 1.38. The number of hydrogen-bond donors (Lipinski definition) is 1. The average Bonchev–Trinajstić information content (AvgIpc) is 2.39. The summed E-state index contributed by atoms with van der Waals surface area (Å²) in [5.74, 6) is -8.42. The Morgan fingerprint density at radius 3 is 2.20 bits per heavy atom. The Morgan fingerprint density at radius 2 is 1.75 bits per heavy atom. The molecular formula is C12H13F4NO3. The summed E-state index contributed by atoms with van der Waals surface area (Å²) in [5.41, 5.74) is 4.13. The van der Waals surface area contributed by atoms with E-state index in [0.29, 0.717) is 0 Å². The molecule has 2 N–H and O–H groups in total. The molecule has 0 aliphatic rings. The fraction of sp³-hybridized carbons (Fsp3) is 0.417. The van der Waals surface area contributed by atoms with Crippen LogP contribution in [-0.2, 0) is 9.53 Å². The van der Waals surface area contributed by atoms with Crippen molar-refractivity contribution in [3.05, 3.63) is 29.3 Å². The van der Waals surface area contributed by atoms with Crippen LogP contribution in [0.4, 0.5) is 17.6 Å². The third-order valence-electron chi connectivity index (χ3n) is 2.59. The number of benzene rings is 1. The summed E-state index contributed by atoms with van der Waals surface area (Å²) in [6.07, 6.45) is -0.170. The number of ether oxygens (including phenoxy) is 2. The van der Waals surface area contributed by atoms with Gasteiger partial charge in [0.15, 0.2) is 17.4 Å². The third-order valence-corrected chi connectivity index (χ3v) is 2.59. The zero-order valence-electron chi connectivity index (χ0n) is 10.8. The van der Waals surface area contributed by atoms with Crippen LogP contribution in [0.15, 0.2) is 6.07 Å². The minimum Gasteiger partial charge on any atom is -0.487 e. The molecule has 8 heteroatoms. The monoisotopic (exact) mass is 295 g/mol. The third kappa shape index (κ3) is 3.38. The SMILES string of the molecule is COC(=O)C(C)(N)CCOc1c(F)c(F)cc(F)c1F. The normalized spacial score (nSPS) is 13.8. The van der Waals surface area contributed by atoms with E-state index in [0.717, 1.165) is 7.11 Å². The molecule has 0 saturated carbocycles. The molecule has 0 aromatic heterocycles. The molecule has 4 nitrogen and oxygen atoms in total. The van der Waals surface area contributed by atoms with Gasteiger partial charge in [-0.1, -0.05) is 0 Å². The van der Waals surface area contributed by atoms with E-state index >= 15 is 0 Å². The number of hydrogen-bond acceptors (Lipinski definition) is 4. The number of halogens is 4. The van der Waals surface area contributed by atoms with Gasteiger partial charge in [0, 0.05) is 12.5 Å². The highest BCUT2D eigenvalue weighted by molar-refractivity contribution is 5.79. The smallest absolute Gasteiger partial charge is 0.325 e. The minimum absolute atomic E-state index is 0.0685. The Hall–Kier alpha value is -1.83. The van der Waals surface area contributed by atoms with Gasteiger partial charge in [-0.3, -0.25) is 4.79 Å². The van der Waals surface area contributed by atoms with Crippen LogP contribution in [0, 0.1) is 23.3 Å². The van der Waals surface area contributed by atoms with Gasteiger partial charge in [0.05, 0.1) is 13.7 Å². The van der Waals surface area contributed by atoms with Crippen LogP contribution in [0.3, 0.4) is 0 Å². The van der Waals surface area contributed by atoms with Gasteiger partial charge in [-0.2, -0.15) is 8.78 Å². The van der Waals surface area contributed by atoms with E-state index < -0.39 is 47.1 Å². The van der Waals surface area contributed by atoms with Gasteiger partial charge < -0.3 is 15.2 Å². The molecule has 0 amide bonds. The van der Waals surface area contributed by atoms with Crippen LogP contribution in [0.25, 0.3) is 0 Å². The molecule has 0 saturated heterocycles. The Labute approximate surface area is 112 Å². The molecule has 112 valence electrons. The van der Waals surface area contributed by atoms with Gasteiger partial charge >= 0.3 is 5.97 Å². The maximum atomic E-state index is 13.3. The number of nitrogens with two attached hydrogens (primary N) is 1. The Balaban J connectivity index is 2.79. The van der Waals surface area contributed by atoms with Crippen LogP contribution in [0.1, 0.15) is 13.3 Å². The average molecular weight is 295 g/mol. The summed E-state index contributed by atoms with van der Waals surface area (Å²) in [7, 11) is 1.12. The summed E-state index contributed by atoms with van der Waals surface area (Å²) in [4.78, 5) is 11.2. The van der Waals surface area contributed by atoms with Crippen molar-refractivity contribution in [2.24, 2.45) is 5.73 Å². The molecule has 0 radical (unpaired) electrons. The molecule has 0 spiro atoms. The number of rotatable bonds is 5. The molecule has 1 aromatic carbocycles. The zero-order chi connectivity index (χ0) is 15.5. The second-order valence-corrected chi connectivity index (χ2v) is 4.30. The molecular weight excluding hydrogens is 282 g/mol. The van der Waals surface area contributed by atoms with Crippen molar-refractivity contribution in [1.29, 1.82) is 0 Å². The predicted octanol–water partition coefficient (Wildman–Crippen LogP) is 1.90. The molecule has 0 aliphatic heterocycles. The van der Waals surface area contributed by atoms with Crippen LogP contribution in [-0.4, -0.2) is 25.2 Å². The van der Waals surface area contributed by atoms with Gasteiger partial charge in [0.1, 0.15) is 5.54 Å². The summed E-state index contributed by atoms with van der Waals surface area (Å²) in [6.45, 7) is 0.889. The lowest BCUT2D eigenvalue weighted by molar-refractivity contribution is -0.146. The van der Waals surface area contributed by atoms with Crippen LogP contribution < -0.4 is 10.5 Å². The van der Waals surface area contributed by atoms with Crippen LogP contribution in [0.5, 0.6) is 5.75 Å². The maximum Gasteiger partial charge on any atom is 0.325 e. The highest BCUT2D eigenvalue weighted by Gasteiger charge is 2.30. The topological polar surface area (TPSA) is 61.5 Å². The van der Waals surface area contributed by atoms with Crippen molar-refractivity contribution in [2.45, 2.75) is 18.9 Å². The van der Waals surface area contributed by atoms with Crippen LogP contribution in [0.2, 0.25) is 0 Å². The Morgan fingerprint density at radius 1 is 1.25 bits per heavy atom. The molecule has 0 aliphatic carbocycles. The molecule has 0 bridgehead atoms. The van der Waals surface area contributed by atoms with E-state index in [2.05, 4.69) is 9.47 Å². The summed E-state index contributed by atoms with van der Waals surface area (Å²) in [6, 6.07) is 0.0685. The number of carbonyl (C=O) groups excluding carboxylic acids is 1. The molecule has 0 heterocycles. The van der Waals surface area contributed by atoms with E-state index in [1.165, 1.54) is 6.92 Å². The lowest BCUT2D eigenvalue weighted by atomic mass is 10.0. The predicted molar refractivity (Wildman–Crippen MR) is 61.0 cm³/mol. The van der Waals surface area contributed by atoms with Crippen molar-refractivity contribution < 1.29 is 31.8 Å². The number of carbonyl (C=O) groups is 1. The van der Waals surface area contributed by atoms with Gasteiger partial charge in [-0.25, -0.2) is 8.78 Å². The standard InChI is InChI=1S/C12H13F4NO3/c1-12(17,11(18)19-2)3-4-20-10-8(15)6(13)5-7(14)9(10)16/h5H,3-4,17H2,1-2H3. The molecule has 1 rings (SSSR count). The second-order valence-electron chi connectivity index (χ2n) is 4.30. The first-order valence-corrected chi connectivity index (χ1v) is 5.53. The maximum absolute atomic E-state index is 13.3. The van der Waals surface area contributed by atoms with Crippen molar-refractivity contribution in [2.75, 3.05) is 13.7 Å². The van der Waals surface area contributed by atoms with Gasteiger partial charge in [-0.15, -0.1) is 0 Å². The molecule has 0 fully saturated rings. The quantitative estimate of drug-likeness (QED) is 0.512. The Kier molecular flexibility index (Phi) is 4.93. The van der Waals surface area contributed by atoms with Crippen molar-refractivity contribution in [1.82, 2.24) is 0 Å². The van der Waals surface area contributed by atoms with E-state index in [4.69, 9.17) is 5.73 Å². The first-order chi connectivity index (χ1) is 9.20. The first kappa shape index (κ1) is 16.2. The van der Waals surface area contributed by atoms with Gasteiger partial charge in [0.2, 0.25) is 11.6 Å². The lowest BCUT2D eigenvalue weighted by Crippen LogP contribution is -2.46. The minimum atomic E-state index is -1.65. The first-order valence-electron chi connectivity index (χ1n) is 5.53. The molecule has 20 heavy (non-hydrogen) atoms. The van der Waals surface area contributed by atoms with Crippen molar-refractivity contribution in [3.63, 3.8) is 0 Å². The van der Waals surface area contributed by atoms with Gasteiger partial charge in [-0.05, 0) is 6.92 Å². The Bertz CT molecular complexity index is 494. The fourth-order valence-corrected chi connectivity index (χ4v) is 1.38. The van der Waals surface area contributed by atoms with E-state index in [1.807, 2.05) is 0 Å². The summed E-state index contributed by atoms with van der Waals surface area (Å²) in [5, 5.41) is 0. The lowest BCUT2D eigenvalue weighted by Gasteiger charge is -2.21. The molecule has 1 aromatic rings. The molecule has 1 unspecified atom stereocenters. The molecule has 1 atom stereocenters. The van der Waals surface area contributed by atoms with Crippen molar-refractivity contribution in [3.8, 4) is 5.75 Å². The van der Waals surface area contributed by atoms with E-state index in [9.17, 15) is 22.4 Å². The van der Waals surface area contributed by atoms with Crippen molar-refractivity contribution >= 4 is 5.97 Å². The number of methoxy groups -OCH3 is 1. The second kappa shape index (κ2) is 6.08. The highest BCUT2D eigenvalue weighted by atomic mass is 19.2. The van der Waals surface area contributed by atoms with E-state index in [-0.39, 0.29) is 12.5 Å². The zero-order valence-corrected chi connectivity index (χ0v) is 10.8. The number of esters is 1. The van der Waals surface area contributed by atoms with E-state index in [1.54, 1.807) is 0 Å². The van der Waals surface area contributed by atoms with Gasteiger partial charge in [0.25, 0.3) is 0 Å². The largest absolute Gasteiger partial charge is 0.487 e.